The average molecular weight is 342 g/mol. The van der Waals surface area contributed by atoms with Crippen LogP contribution in [0, 0.1) is 17.0 Å². The summed E-state index contributed by atoms with van der Waals surface area (Å²) in [6, 6.07) is 14.0. The Morgan fingerprint density at radius 2 is 1.92 bits per heavy atom. The lowest BCUT2D eigenvalue weighted by molar-refractivity contribution is -0.385. The minimum Gasteiger partial charge on any atom is -0.388 e. The number of rotatable bonds is 7. The van der Waals surface area contributed by atoms with Gasteiger partial charge >= 0.3 is 0 Å². The monoisotopic (exact) mass is 342 g/mol. The lowest BCUT2D eigenvalue weighted by Gasteiger charge is -2.23. The topological polar surface area (TPSA) is 92.5 Å². The number of aryl methyl sites for hydroxylation is 2. The zero-order chi connectivity index (χ0) is 18.4. The maximum atomic E-state index is 12.2. The van der Waals surface area contributed by atoms with E-state index in [0.717, 1.165) is 5.56 Å². The molecule has 132 valence electrons. The number of amides is 1. The van der Waals surface area contributed by atoms with Crippen molar-refractivity contribution >= 4 is 11.6 Å². The van der Waals surface area contributed by atoms with E-state index in [-0.39, 0.29) is 18.1 Å². The van der Waals surface area contributed by atoms with E-state index in [1.165, 1.54) is 18.2 Å². The third-order valence-electron chi connectivity index (χ3n) is 4.08. The van der Waals surface area contributed by atoms with E-state index < -0.39 is 10.5 Å². The SMILES string of the molecule is Cc1cc(C(=O)NCC(C)(O)CCc2ccccc2)ccc1[N+](=O)[O-]. The number of carbonyl (C=O) groups excluding carboxylic acids is 1. The first kappa shape index (κ1) is 18.6. The highest BCUT2D eigenvalue weighted by Crippen LogP contribution is 2.19. The Hall–Kier alpha value is -2.73. The zero-order valence-corrected chi connectivity index (χ0v) is 14.4. The van der Waals surface area contributed by atoms with Gasteiger partial charge < -0.3 is 10.4 Å². The van der Waals surface area contributed by atoms with Gasteiger partial charge in [-0.3, -0.25) is 14.9 Å². The van der Waals surface area contributed by atoms with Gasteiger partial charge in [-0.05, 0) is 44.4 Å². The minimum atomic E-state index is -1.04. The molecule has 0 heterocycles. The average Bonchev–Trinajstić information content (AvgIpc) is 2.58. The minimum absolute atomic E-state index is 0.0218. The predicted octanol–water partition coefficient (Wildman–Crippen LogP) is 3.02. The molecule has 0 aliphatic heterocycles. The molecule has 25 heavy (non-hydrogen) atoms. The number of nitro benzene ring substituents is 1. The smallest absolute Gasteiger partial charge is 0.272 e. The summed E-state index contributed by atoms with van der Waals surface area (Å²) in [6.07, 6.45) is 1.22. The number of aliphatic hydroxyl groups is 1. The second kappa shape index (κ2) is 7.90. The van der Waals surface area contributed by atoms with Crippen LogP contribution in [-0.2, 0) is 6.42 Å². The largest absolute Gasteiger partial charge is 0.388 e. The molecule has 0 fully saturated rings. The molecule has 2 aromatic rings. The van der Waals surface area contributed by atoms with Crippen LogP contribution < -0.4 is 5.32 Å². The highest BCUT2D eigenvalue weighted by atomic mass is 16.6. The van der Waals surface area contributed by atoms with Gasteiger partial charge in [0.15, 0.2) is 0 Å². The summed E-state index contributed by atoms with van der Waals surface area (Å²) < 4.78 is 0. The summed E-state index contributed by atoms with van der Waals surface area (Å²) >= 11 is 0. The van der Waals surface area contributed by atoms with Gasteiger partial charge in [0.2, 0.25) is 0 Å². The maximum absolute atomic E-state index is 12.2. The highest BCUT2D eigenvalue weighted by Gasteiger charge is 2.22. The Morgan fingerprint density at radius 1 is 1.24 bits per heavy atom. The molecule has 0 spiro atoms. The van der Waals surface area contributed by atoms with Crippen LogP contribution in [0.25, 0.3) is 0 Å². The molecule has 2 rings (SSSR count). The van der Waals surface area contributed by atoms with E-state index in [2.05, 4.69) is 5.32 Å². The molecule has 0 aliphatic carbocycles. The predicted molar refractivity (Wildman–Crippen MR) is 95.6 cm³/mol. The van der Waals surface area contributed by atoms with Crippen LogP contribution >= 0.6 is 0 Å². The first-order valence-corrected chi connectivity index (χ1v) is 8.08. The third kappa shape index (κ3) is 5.39. The Labute approximate surface area is 146 Å². The van der Waals surface area contributed by atoms with E-state index in [9.17, 15) is 20.0 Å². The van der Waals surface area contributed by atoms with Crippen LogP contribution in [0.4, 0.5) is 5.69 Å². The van der Waals surface area contributed by atoms with Crippen molar-refractivity contribution in [2.45, 2.75) is 32.3 Å². The number of carbonyl (C=O) groups is 1. The molecule has 2 N–H and O–H groups in total. The molecule has 2 aromatic carbocycles. The Bertz CT molecular complexity index is 757. The van der Waals surface area contributed by atoms with Crippen molar-refractivity contribution in [2.24, 2.45) is 0 Å². The van der Waals surface area contributed by atoms with Gasteiger partial charge in [-0.1, -0.05) is 30.3 Å². The zero-order valence-electron chi connectivity index (χ0n) is 14.4. The molecule has 6 nitrogen and oxygen atoms in total. The fraction of sp³-hybridized carbons (Fsp3) is 0.316. The Morgan fingerprint density at radius 3 is 2.52 bits per heavy atom. The second-order valence-electron chi connectivity index (χ2n) is 6.42. The van der Waals surface area contributed by atoms with Crippen LogP contribution in [0.3, 0.4) is 0 Å². The third-order valence-corrected chi connectivity index (χ3v) is 4.08. The van der Waals surface area contributed by atoms with Crippen LogP contribution in [0.2, 0.25) is 0 Å². The number of nitrogens with zero attached hydrogens (tertiary/aromatic N) is 1. The van der Waals surface area contributed by atoms with Gasteiger partial charge in [-0.2, -0.15) is 0 Å². The molecule has 1 atom stereocenters. The maximum Gasteiger partial charge on any atom is 0.272 e. The number of hydrogen-bond donors (Lipinski definition) is 2. The molecule has 1 amide bonds. The lowest BCUT2D eigenvalue weighted by atomic mass is 9.96. The van der Waals surface area contributed by atoms with Crippen molar-refractivity contribution in [3.05, 3.63) is 75.3 Å². The van der Waals surface area contributed by atoms with E-state index in [0.29, 0.717) is 24.0 Å². The van der Waals surface area contributed by atoms with Gasteiger partial charge in [-0.25, -0.2) is 0 Å². The second-order valence-corrected chi connectivity index (χ2v) is 6.42. The molecule has 0 aliphatic rings. The Balaban J connectivity index is 1.92. The van der Waals surface area contributed by atoms with Gasteiger partial charge in [0, 0.05) is 23.7 Å². The van der Waals surface area contributed by atoms with Crippen molar-refractivity contribution in [3.63, 3.8) is 0 Å². The van der Waals surface area contributed by atoms with E-state index in [1.54, 1.807) is 13.8 Å². The molecule has 1 unspecified atom stereocenters. The molecule has 0 aromatic heterocycles. The number of nitrogens with one attached hydrogen (secondary N) is 1. The van der Waals surface area contributed by atoms with Gasteiger partial charge in [0.05, 0.1) is 10.5 Å². The van der Waals surface area contributed by atoms with Crippen LogP contribution in [0.5, 0.6) is 0 Å². The molecular weight excluding hydrogens is 320 g/mol. The summed E-state index contributed by atoms with van der Waals surface area (Å²) in [5.41, 5.74) is 0.823. The van der Waals surface area contributed by atoms with Crippen molar-refractivity contribution in [3.8, 4) is 0 Å². The summed E-state index contributed by atoms with van der Waals surface area (Å²) in [7, 11) is 0. The number of nitro groups is 1. The fourth-order valence-electron chi connectivity index (χ4n) is 2.52. The quantitative estimate of drug-likeness (QED) is 0.597. The number of benzene rings is 2. The molecule has 0 saturated carbocycles. The number of hydrogen-bond acceptors (Lipinski definition) is 4. The highest BCUT2D eigenvalue weighted by molar-refractivity contribution is 5.94. The van der Waals surface area contributed by atoms with Gasteiger partial charge in [0.25, 0.3) is 11.6 Å². The van der Waals surface area contributed by atoms with E-state index in [4.69, 9.17) is 0 Å². The summed E-state index contributed by atoms with van der Waals surface area (Å²) in [5, 5.41) is 24.0. The fourth-order valence-corrected chi connectivity index (χ4v) is 2.52. The molecular formula is C19H22N2O4. The van der Waals surface area contributed by atoms with Gasteiger partial charge in [-0.15, -0.1) is 0 Å². The first-order chi connectivity index (χ1) is 11.8. The summed E-state index contributed by atoms with van der Waals surface area (Å²) in [4.78, 5) is 22.5. The molecule has 0 radical (unpaired) electrons. The molecule has 0 bridgehead atoms. The normalized spacial score (nSPS) is 13.1. The van der Waals surface area contributed by atoms with Gasteiger partial charge in [0.1, 0.15) is 0 Å². The van der Waals surface area contributed by atoms with E-state index in [1.807, 2.05) is 30.3 Å². The van der Waals surface area contributed by atoms with Crippen molar-refractivity contribution in [1.29, 1.82) is 0 Å². The molecule has 0 saturated heterocycles. The first-order valence-electron chi connectivity index (χ1n) is 8.08. The van der Waals surface area contributed by atoms with Crippen LogP contribution in [-0.4, -0.2) is 28.1 Å². The summed E-state index contributed by atoms with van der Waals surface area (Å²) in [6.45, 7) is 3.37. The standard InChI is InChI=1S/C19H22N2O4/c1-14-12-16(8-9-17(14)21(24)25)18(22)20-13-19(2,23)11-10-15-6-4-3-5-7-15/h3-9,12,23H,10-11,13H2,1-2H3,(H,20,22). The van der Waals surface area contributed by atoms with Crippen molar-refractivity contribution in [2.75, 3.05) is 6.54 Å². The van der Waals surface area contributed by atoms with E-state index >= 15 is 0 Å². The van der Waals surface area contributed by atoms with Crippen molar-refractivity contribution in [1.82, 2.24) is 5.32 Å². The van der Waals surface area contributed by atoms with Crippen molar-refractivity contribution < 1.29 is 14.8 Å². The Kier molecular flexibility index (Phi) is 5.88. The molecule has 6 heteroatoms. The lowest BCUT2D eigenvalue weighted by Crippen LogP contribution is -2.41. The van der Waals surface area contributed by atoms with Crippen LogP contribution in [0.1, 0.15) is 34.8 Å². The van der Waals surface area contributed by atoms with Crippen LogP contribution in [0.15, 0.2) is 48.5 Å². The summed E-state index contributed by atoms with van der Waals surface area (Å²) in [5.74, 6) is -0.363.